The number of hydrogen-bond donors (Lipinski definition) is 2. The SMILES string of the molecule is Cc1cc2nn(-c3ccc(C(C)C)cc3)nc2cc1NC(=S)NC(=O)COc1ccccc1C. The Hall–Kier alpha value is -3.78. The van der Waals surface area contributed by atoms with Crippen molar-refractivity contribution in [2.24, 2.45) is 0 Å². The Morgan fingerprint density at radius 1 is 1.00 bits per heavy atom. The lowest BCUT2D eigenvalue weighted by molar-refractivity contribution is -0.121. The van der Waals surface area contributed by atoms with Crippen LogP contribution in [0.4, 0.5) is 5.69 Å². The largest absolute Gasteiger partial charge is 0.483 e. The van der Waals surface area contributed by atoms with Crippen LogP contribution in [0.2, 0.25) is 0 Å². The average molecular weight is 474 g/mol. The highest BCUT2D eigenvalue weighted by Gasteiger charge is 2.12. The molecule has 2 N–H and O–H groups in total. The number of nitrogens with one attached hydrogen (secondary N) is 2. The van der Waals surface area contributed by atoms with Crippen LogP contribution in [0.25, 0.3) is 16.7 Å². The predicted molar refractivity (Wildman–Crippen MR) is 139 cm³/mol. The zero-order chi connectivity index (χ0) is 24.2. The van der Waals surface area contributed by atoms with Gasteiger partial charge in [-0.25, -0.2) is 0 Å². The lowest BCUT2D eigenvalue weighted by Gasteiger charge is -2.12. The number of rotatable bonds is 6. The van der Waals surface area contributed by atoms with E-state index in [1.54, 1.807) is 4.80 Å². The molecule has 3 aromatic carbocycles. The molecule has 0 aliphatic carbocycles. The Morgan fingerprint density at radius 2 is 1.68 bits per heavy atom. The van der Waals surface area contributed by atoms with Gasteiger partial charge in [0.15, 0.2) is 11.7 Å². The molecule has 8 heteroatoms. The van der Waals surface area contributed by atoms with Crippen molar-refractivity contribution in [3.8, 4) is 11.4 Å². The second-order valence-electron chi connectivity index (χ2n) is 8.45. The highest BCUT2D eigenvalue weighted by molar-refractivity contribution is 7.80. The summed E-state index contributed by atoms with van der Waals surface area (Å²) < 4.78 is 5.58. The zero-order valence-electron chi connectivity index (χ0n) is 19.6. The molecule has 34 heavy (non-hydrogen) atoms. The first-order valence-corrected chi connectivity index (χ1v) is 11.5. The quantitative estimate of drug-likeness (QED) is 0.381. The van der Waals surface area contributed by atoms with Crippen molar-refractivity contribution >= 4 is 40.0 Å². The number of para-hydroxylation sites is 1. The van der Waals surface area contributed by atoms with E-state index in [2.05, 4.69) is 46.8 Å². The van der Waals surface area contributed by atoms with E-state index in [9.17, 15) is 4.79 Å². The van der Waals surface area contributed by atoms with Crippen molar-refractivity contribution in [3.05, 3.63) is 77.4 Å². The summed E-state index contributed by atoms with van der Waals surface area (Å²) in [5.74, 6) is 0.795. The van der Waals surface area contributed by atoms with E-state index < -0.39 is 0 Å². The number of amides is 1. The maximum absolute atomic E-state index is 12.3. The summed E-state index contributed by atoms with van der Waals surface area (Å²) >= 11 is 5.33. The summed E-state index contributed by atoms with van der Waals surface area (Å²) in [4.78, 5) is 13.9. The second-order valence-corrected chi connectivity index (χ2v) is 8.86. The molecule has 7 nitrogen and oxygen atoms in total. The molecule has 4 rings (SSSR count). The van der Waals surface area contributed by atoms with Gasteiger partial charge in [0.05, 0.1) is 5.69 Å². The van der Waals surface area contributed by atoms with Gasteiger partial charge in [0.1, 0.15) is 16.8 Å². The molecule has 0 radical (unpaired) electrons. The molecule has 0 atom stereocenters. The van der Waals surface area contributed by atoms with Crippen molar-refractivity contribution in [3.63, 3.8) is 0 Å². The van der Waals surface area contributed by atoms with E-state index in [1.807, 2.05) is 62.4 Å². The molecule has 0 saturated heterocycles. The van der Waals surface area contributed by atoms with Crippen LogP contribution >= 0.6 is 12.2 Å². The monoisotopic (exact) mass is 473 g/mol. The summed E-state index contributed by atoms with van der Waals surface area (Å²) in [6.07, 6.45) is 0. The number of thiocarbonyl (C=S) groups is 1. The summed E-state index contributed by atoms with van der Waals surface area (Å²) in [5, 5.41) is 15.1. The second kappa shape index (κ2) is 10.0. The van der Waals surface area contributed by atoms with Gasteiger partial charge in [-0.1, -0.05) is 44.2 Å². The lowest BCUT2D eigenvalue weighted by atomic mass is 10.0. The molecule has 0 spiro atoms. The number of aromatic nitrogens is 3. The molecule has 0 unspecified atom stereocenters. The summed E-state index contributed by atoms with van der Waals surface area (Å²) in [6.45, 7) is 8.07. The first-order chi connectivity index (χ1) is 16.3. The van der Waals surface area contributed by atoms with Crippen LogP contribution in [0.1, 0.15) is 36.5 Å². The molecule has 0 bridgehead atoms. The van der Waals surface area contributed by atoms with Gasteiger partial charge in [-0.15, -0.1) is 10.2 Å². The van der Waals surface area contributed by atoms with E-state index in [0.717, 1.165) is 33.5 Å². The first kappa shape index (κ1) is 23.4. The number of fused-ring (bicyclic) bond motifs is 1. The Bertz CT molecular complexity index is 1350. The smallest absolute Gasteiger partial charge is 0.264 e. The molecule has 174 valence electrons. The Morgan fingerprint density at radius 3 is 2.35 bits per heavy atom. The number of hydrogen-bond acceptors (Lipinski definition) is 5. The van der Waals surface area contributed by atoms with Gasteiger partial charge < -0.3 is 10.1 Å². The summed E-state index contributed by atoms with van der Waals surface area (Å²) in [7, 11) is 0. The number of carbonyl (C=O) groups excluding carboxylic acids is 1. The average Bonchev–Trinajstić information content (AvgIpc) is 3.21. The molecule has 1 amide bonds. The number of anilines is 1. The Labute approximate surface area is 204 Å². The van der Waals surface area contributed by atoms with E-state index in [4.69, 9.17) is 17.0 Å². The van der Waals surface area contributed by atoms with Crippen LogP contribution in [-0.4, -0.2) is 32.6 Å². The van der Waals surface area contributed by atoms with Crippen molar-refractivity contribution in [1.82, 2.24) is 20.3 Å². The minimum atomic E-state index is -0.338. The van der Waals surface area contributed by atoms with Gasteiger partial charge in [-0.3, -0.25) is 10.1 Å². The molecule has 1 heterocycles. The number of carbonyl (C=O) groups is 1. The minimum absolute atomic E-state index is 0.130. The molecule has 0 fully saturated rings. The molecule has 4 aromatic rings. The fourth-order valence-electron chi connectivity index (χ4n) is 3.49. The normalized spacial score (nSPS) is 11.0. The molecule has 0 saturated carbocycles. The van der Waals surface area contributed by atoms with E-state index in [1.165, 1.54) is 5.56 Å². The van der Waals surface area contributed by atoms with Crippen LogP contribution in [0.15, 0.2) is 60.7 Å². The maximum atomic E-state index is 12.3. The zero-order valence-corrected chi connectivity index (χ0v) is 20.4. The number of nitrogens with zero attached hydrogens (tertiary/aromatic N) is 3. The van der Waals surface area contributed by atoms with Crippen LogP contribution in [0.5, 0.6) is 5.75 Å². The van der Waals surface area contributed by atoms with E-state index >= 15 is 0 Å². The molecular weight excluding hydrogens is 446 g/mol. The lowest BCUT2D eigenvalue weighted by Crippen LogP contribution is -2.37. The standard InChI is InChI=1S/C26H27N5O2S/c1-16(2)19-9-11-20(12-10-19)31-29-22-13-18(4)21(14-23(22)30-31)27-26(34)28-25(32)15-33-24-8-6-5-7-17(24)3/h5-14,16H,15H2,1-4H3,(H2,27,28,32,34). The summed E-state index contributed by atoms with van der Waals surface area (Å²) in [6, 6.07) is 19.6. The van der Waals surface area contributed by atoms with Crippen molar-refractivity contribution in [2.45, 2.75) is 33.6 Å². The summed E-state index contributed by atoms with van der Waals surface area (Å²) in [5.41, 5.74) is 6.30. The molecule has 1 aromatic heterocycles. The van der Waals surface area contributed by atoms with Gasteiger partial charge in [-0.2, -0.15) is 4.80 Å². The Balaban J connectivity index is 1.42. The van der Waals surface area contributed by atoms with Crippen LogP contribution < -0.4 is 15.4 Å². The van der Waals surface area contributed by atoms with Crippen LogP contribution in [0, 0.1) is 13.8 Å². The van der Waals surface area contributed by atoms with Gasteiger partial charge in [0, 0.05) is 5.69 Å². The predicted octanol–water partition coefficient (Wildman–Crippen LogP) is 5.05. The van der Waals surface area contributed by atoms with Gasteiger partial charge in [0.2, 0.25) is 0 Å². The van der Waals surface area contributed by atoms with Gasteiger partial charge in [0.25, 0.3) is 5.91 Å². The first-order valence-electron chi connectivity index (χ1n) is 11.1. The van der Waals surface area contributed by atoms with Crippen molar-refractivity contribution in [2.75, 3.05) is 11.9 Å². The third-order valence-corrected chi connectivity index (χ3v) is 5.67. The molecule has 0 aliphatic heterocycles. The topological polar surface area (TPSA) is 81.1 Å². The number of benzene rings is 3. The third-order valence-electron chi connectivity index (χ3n) is 5.47. The molecular formula is C26H27N5O2S. The van der Waals surface area contributed by atoms with Crippen LogP contribution in [0.3, 0.4) is 0 Å². The van der Waals surface area contributed by atoms with Gasteiger partial charge >= 0.3 is 0 Å². The fraction of sp³-hybridized carbons (Fsp3) is 0.231. The number of ether oxygens (including phenoxy) is 1. The minimum Gasteiger partial charge on any atom is -0.483 e. The molecule has 0 aliphatic rings. The maximum Gasteiger partial charge on any atom is 0.264 e. The van der Waals surface area contributed by atoms with E-state index in [-0.39, 0.29) is 17.6 Å². The van der Waals surface area contributed by atoms with E-state index in [0.29, 0.717) is 11.7 Å². The van der Waals surface area contributed by atoms with Gasteiger partial charge in [-0.05, 0) is 79.0 Å². The van der Waals surface area contributed by atoms with Crippen LogP contribution in [-0.2, 0) is 4.79 Å². The Kier molecular flexibility index (Phi) is 6.88. The van der Waals surface area contributed by atoms with Crippen molar-refractivity contribution in [1.29, 1.82) is 0 Å². The fourth-order valence-corrected chi connectivity index (χ4v) is 3.71. The third kappa shape index (κ3) is 5.40. The van der Waals surface area contributed by atoms with Crippen molar-refractivity contribution < 1.29 is 9.53 Å². The number of aryl methyl sites for hydroxylation is 2. The highest BCUT2D eigenvalue weighted by atomic mass is 32.1. The highest BCUT2D eigenvalue weighted by Crippen LogP contribution is 2.23.